The fourth-order valence-corrected chi connectivity index (χ4v) is 2.12. The molecule has 4 nitrogen and oxygen atoms in total. The number of aromatic nitrogens is 1. The van der Waals surface area contributed by atoms with E-state index in [9.17, 15) is 14.3 Å². The average Bonchev–Trinajstić information content (AvgIpc) is 2.55. The summed E-state index contributed by atoms with van der Waals surface area (Å²) in [6.45, 7) is 0.253. The van der Waals surface area contributed by atoms with Gasteiger partial charge >= 0.3 is 0 Å². The number of nitrogens with zero attached hydrogens (tertiary/aromatic N) is 1. The normalized spacial score (nSPS) is 10.5. The van der Waals surface area contributed by atoms with E-state index in [0.29, 0.717) is 11.4 Å². The van der Waals surface area contributed by atoms with Gasteiger partial charge in [0.2, 0.25) is 0 Å². The van der Waals surface area contributed by atoms with Gasteiger partial charge < -0.3 is 9.84 Å². The van der Waals surface area contributed by atoms with Gasteiger partial charge in [0.15, 0.2) is 0 Å². The van der Waals surface area contributed by atoms with Crippen molar-refractivity contribution in [3.8, 4) is 17.2 Å². The number of ether oxygens (including phenoxy) is 1. The van der Waals surface area contributed by atoms with Crippen molar-refractivity contribution < 1.29 is 14.2 Å². The van der Waals surface area contributed by atoms with Gasteiger partial charge in [0.25, 0.3) is 5.56 Å². The molecule has 0 unspecified atom stereocenters. The highest BCUT2D eigenvalue weighted by Gasteiger charge is 2.03. The van der Waals surface area contributed by atoms with Crippen molar-refractivity contribution in [1.82, 2.24) is 4.57 Å². The molecule has 0 aliphatic carbocycles. The van der Waals surface area contributed by atoms with Crippen LogP contribution in [-0.2, 0) is 6.61 Å². The summed E-state index contributed by atoms with van der Waals surface area (Å²) in [5.41, 5.74) is 1.22. The third-order valence-electron chi connectivity index (χ3n) is 3.34. The summed E-state index contributed by atoms with van der Waals surface area (Å²) in [6, 6.07) is 15.4. The molecule has 2 aromatic carbocycles. The Balaban J connectivity index is 1.75. The Morgan fingerprint density at radius 3 is 2.35 bits per heavy atom. The molecule has 3 aromatic rings. The minimum atomic E-state index is -0.301. The Kier molecular flexibility index (Phi) is 4.10. The zero-order valence-corrected chi connectivity index (χ0v) is 12.1. The molecular weight excluding hydrogens is 297 g/mol. The van der Waals surface area contributed by atoms with Gasteiger partial charge in [-0.1, -0.05) is 12.1 Å². The van der Waals surface area contributed by atoms with Crippen LogP contribution in [0.15, 0.2) is 71.7 Å². The number of phenolic OH excluding ortho intramolecular Hbond substituents is 1. The van der Waals surface area contributed by atoms with Crippen molar-refractivity contribution in [2.45, 2.75) is 6.61 Å². The highest BCUT2D eigenvalue weighted by molar-refractivity contribution is 5.38. The molecule has 0 bridgehead atoms. The van der Waals surface area contributed by atoms with E-state index in [1.807, 2.05) is 0 Å². The van der Waals surface area contributed by atoms with Crippen LogP contribution < -0.4 is 10.3 Å². The third kappa shape index (κ3) is 3.58. The van der Waals surface area contributed by atoms with Gasteiger partial charge in [-0.3, -0.25) is 9.36 Å². The first kappa shape index (κ1) is 14.8. The zero-order valence-electron chi connectivity index (χ0n) is 12.1. The lowest BCUT2D eigenvalue weighted by Crippen LogP contribution is -2.16. The van der Waals surface area contributed by atoms with Crippen LogP contribution >= 0.6 is 0 Å². The van der Waals surface area contributed by atoms with Gasteiger partial charge in [-0.15, -0.1) is 0 Å². The number of benzene rings is 2. The quantitative estimate of drug-likeness (QED) is 0.804. The average molecular weight is 311 g/mol. The summed E-state index contributed by atoms with van der Waals surface area (Å²) in [4.78, 5) is 12.2. The lowest BCUT2D eigenvalue weighted by atomic mass is 10.2. The van der Waals surface area contributed by atoms with Gasteiger partial charge in [-0.25, -0.2) is 4.39 Å². The van der Waals surface area contributed by atoms with E-state index in [2.05, 4.69) is 0 Å². The summed E-state index contributed by atoms with van der Waals surface area (Å²) in [5.74, 6) is 0.278. The smallest absolute Gasteiger partial charge is 0.258 e. The Morgan fingerprint density at radius 1 is 1.00 bits per heavy atom. The van der Waals surface area contributed by atoms with Crippen LogP contribution in [-0.4, -0.2) is 9.67 Å². The first-order chi connectivity index (χ1) is 11.1. The third-order valence-corrected chi connectivity index (χ3v) is 3.34. The number of hydrogen-bond donors (Lipinski definition) is 1. The van der Waals surface area contributed by atoms with Crippen LogP contribution in [0.2, 0.25) is 0 Å². The molecule has 1 heterocycles. The number of aromatic hydroxyl groups is 1. The molecule has 0 spiro atoms. The van der Waals surface area contributed by atoms with Gasteiger partial charge in [-0.2, -0.15) is 0 Å². The molecule has 0 fully saturated rings. The number of phenols is 1. The predicted octanol–water partition coefficient (Wildman–Crippen LogP) is 3.26. The first-order valence-electron chi connectivity index (χ1n) is 7.01. The molecule has 116 valence electrons. The lowest BCUT2D eigenvalue weighted by molar-refractivity contribution is 0.305. The minimum absolute atomic E-state index is 0.140. The van der Waals surface area contributed by atoms with Crippen LogP contribution in [0.25, 0.3) is 5.69 Å². The van der Waals surface area contributed by atoms with Gasteiger partial charge in [0.05, 0.1) is 0 Å². The van der Waals surface area contributed by atoms with E-state index in [1.165, 1.54) is 34.9 Å². The maximum atomic E-state index is 12.8. The number of halogens is 1. The molecule has 0 atom stereocenters. The minimum Gasteiger partial charge on any atom is -0.508 e. The molecule has 0 radical (unpaired) electrons. The molecule has 1 aromatic heterocycles. The van der Waals surface area contributed by atoms with Crippen molar-refractivity contribution in [2.75, 3.05) is 0 Å². The summed E-state index contributed by atoms with van der Waals surface area (Å²) in [7, 11) is 0. The zero-order chi connectivity index (χ0) is 16.2. The fourth-order valence-electron chi connectivity index (χ4n) is 2.12. The second-order valence-electron chi connectivity index (χ2n) is 5.00. The van der Waals surface area contributed by atoms with Crippen molar-refractivity contribution >= 4 is 0 Å². The summed E-state index contributed by atoms with van der Waals surface area (Å²) < 4.78 is 19.8. The van der Waals surface area contributed by atoms with Crippen LogP contribution in [0.3, 0.4) is 0 Å². The summed E-state index contributed by atoms with van der Waals surface area (Å²) in [5, 5.41) is 9.28. The topological polar surface area (TPSA) is 51.5 Å². The molecule has 0 saturated carbocycles. The molecule has 5 heteroatoms. The molecule has 3 rings (SSSR count). The fraction of sp³-hybridized carbons (Fsp3) is 0.0556. The Labute approximate surface area is 132 Å². The Morgan fingerprint density at radius 2 is 1.70 bits per heavy atom. The van der Waals surface area contributed by atoms with Crippen LogP contribution in [0.5, 0.6) is 11.5 Å². The maximum absolute atomic E-state index is 12.8. The van der Waals surface area contributed by atoms with E-state index in [0.717, 1.165) is 5.56 Å². The molecule has 0 aliphatic rings. The van der Waals surface area contributed by atoms with Gasteiger partial charge in [-0.05, 0) is 48.0 Å². The van der Waals surface area contributed by atoms with Crippen molar-refractivity contribution in [2.24, 2.45) is 0 Å². The van der Waals surface area contributed by atoms with Crippen molar-refractivity contribution in [3.05, 3.63) is 88.6 Å². The van der Waals surface area contributed by atoms with E-state index in [1.54, 1.807) is 36.5 Å². The van der Waals surface area contributed by atoms with Crippen molar-refractivity contribution in [3.63, 3.8) is 0 Å². The van der Waals surface area contributed by atoms with Crippen LogP contribution in [0, 0.1) is 5.82 Å². The van der Waals surface area contributed by atoms with E-state index in [4.69, 9.17) is 4.74 Å². The summed E-state index contributed by atoms with van der Waals surface area (Å²) in [6.07, 6.45) is 1.61. The standard InChI is InChI=1S/C18H14FNO3/c19-14-3-1-13(2-4-14)12-23-17-9-10-20(18(22)11-17)15-5-7-16(21)8-6-15/h1-11,21H,12H2. The largest absolute Gasteiger partial charge is 0.508 e. The number of pyridine rings is 1. The Hall–Kier alpha value is -3.08. The second kappa shape index (κ2) is 6.36. The highest BCUT2D eigenvalue weighted by Crippen LogP contribution is 2.15. The molecule has 0 amide bonds. The van der Waals surface area contributed by atoms with E-state index in [-0.39, 0.29) is 23.7 Å². The number of rotatable bonds is 4. The SMILES string of the molecule is O=c1cc(OCc2ccc(F)cc2)ccn1-c1ccc(O)cc1. The highest BCUT2D eigenvalue weighted by atomic mass is 19.1. The molecular formula is C18H14FNO3. The van der Waals surface area contributed by atoms with Crippen LogP contribution in [0.4, 0.5) is 4.39 Å². The molecule has 23 heavy (non-hydrogen) atoms. The van der Waals surface area contributed by atoms with Gasteiger partial charge in [0, 0.05) is 18.0 Å². The van der Waals surface area contributed by atoms with Crippen molar-refractivity contribution in [1.29, 1.82) is 0 Å². The van der Waals surface area contributed by atoms with Gasteiger partial charge in [0.1, 0.15) is 23.9 Å². The van der Waals surface area contributed by atoms with Crippen LogP contribution in [0.1, 0.15) is 5.56 Å². The van der Waals surface area contributed by atoms with E-state index < -0.39 is 0 Å². The summed E-state index contributed by atoms with van der Waals surface area (Å²) >= 11 is 0. The first-order valence-corrected chi connectivity index (χ1v) is 7.01. The number of hydrogen-bond acceptors (Lipinski definition) is 3. The monoisotopic (exact) mass is 311 g/mol. The lowest BCUT2D eigenvalue weighted by Gasteiger charge is -2.09. The molecule has 1 N–H and O–H groups in total. The molecule has 0 aliphatic heterocycles. The predicted molar refractivity (Wildman–Crippen MR) is 84.4 cm³/mol. The maximum Gasteiger partial charge on any atom is 0.258 e. The Bertz CT molecular complexity index is 855. The van der Waals surface area contributed by atoms with E-state index >= 15 is 0 Å². The molecule has 0 saturated heterocycles. The second-order valence-corrected chi connectivity index (χ2v) is 5.00.